The number of hydrogen-bond donors (Lipinski definition) is 1. The molecule has 0 aliphatic carbocycles. The molecule has 0 heterocycles. The highest BCUT2D eigenvalue weighted by molar-refractivity contribution is 6.77. The molecule has 0 aromatic rings. The first-order chi connectivity index (χ1) is 13.6. The van der Waals surface area contributed by atoms with Gasteiger partial charge >= 0.3 is 0 Å². The Hall–Kier alpha value is -0.423. The monoisotopic (exact) mass is 430 g/mol. The molecular formula is C23H46O5Si. The lowest BCUT2D eigenvalue weighted by atomic mass is 9.90. The van der Waals surface area contributed by atoms with Crippen LogP contribution in [-0.2, 0) is 18.6 Å². The van der Waals surface area contributed by atoms with Crippen LogP contribution in [0.2, 0.25) is 16.6 Å². The average Bonchev–Trinajstić information content (AvgIpc) is 2.64. The number of rotatable bonds is 15. The number of aliphatic hydroxyl groups is 1. The van der Waals surface area contributed by atoms with Gasteiger partial charge in [-0.15, -0.1) is 5.92 Å². The van der Waals surface area contributed by atoms with Crippen molar-refractivity contribution in [3.05, 3.63) is 0 Å². The van der Waals surface area contributed by atoms with Crippen molar-refractivity contribution in [3.63, 3.8) is 0 Å². The van der Waals surface area contributed by atoms with Crippen LogP contribution in [-0.4, -0.2) is 59.4 Å². The van der Waals surface area contributed by atoms with Gasteiger partial charge in [-0.05, 0) is 30.5 Å². The Bertz CT molecular complexity index is 462. The van der Waals surface area contributed by atoms with Gasteiger partial charge in [-0.1, -0.05) is 54.4 Å². The molecule has 0 aromatic carbocycles. The van der Waals surface area contributed by atoms with Crippen molar-refractivity contribution in [2.45, 2.75) is 91.1 Å². The zero-order chi connectivity index (χ0) is 22.6. The van der Waals surface area contributed by atoms with Gasteiger partial charge in [0.1, 0.15) is 6.79 Å². The van der Waals surface area contributed by atoms with Crippen LogP contribution in [0.3, 0.4) is 0 Å². The van der Waals surface area contributed by atoms with E-state index in [1.54, 1.807) is 14.0 Å². The van der Waals surface area contributed by atoms with Crippen molar-refractivity contribution in [1.82, 2.24) is 0 Å². The maximum atomic E-state index is 10.8. The maximum Gasteiger partial charge on any atom is 0.200 e. The summed E-state index contributed by atoms with van der Waals surface area (Å²) in [5, 5.41) is 10.8. The van der Waals surface area contributed by atoms with Crippen molar-refractivity contribution in [2.24, 2.45) is 11.8 Å². The topological polar surface area (TPSA) is 57.2 Å². The fraction of sp³-hybridized carbons (Fsp3) is 0.913. The fourth-order valence-corrected chi connectivity index (χ4v) is 9.86. The van der Waals surface area contributed by atoms with Crippen LogP contribution in [0.25, 0.3) is 0 Å². The predicted octanol–water partition coefficient (Wildman–Crippen LogP) is 4.84. The van der Waals surface area contributed by atoms with E-state index in [9.17, 15) is 5.11 Å². The molecule has 5 nitrogen and oxygen atoms in total. The summed E-state index contributed by atoms with van der Waals surface area (Å²) < 4.78 is 23.3. The molecule has 0 saturated heterocycles. The molecule has 0 aliphatic heterocycles. The molecule has 0 saturated carbocycles. The Morgan fingerprint density at radius 3 is 1.90 bits per heavy atom. The first-order valence-electron chi connectivity index (χ1n) is 11.0. The summed E-state index contributed by atoms with van der Waals surface area (Å²) >= 11 is 0. The van der Waals surface area contributed by atoms with Crippen LogP contribution in [0, 0.1) is 23.7 Å². The molecule has 0 aromatic heterocycles. The van der Waals surface area contributed by atoms with Crippen molar-refractivity contribution in [1.29, 1.82) is 0 Å². The second kappa shape index (κ2) is 14.6. The lowest BCUT2D eigenvalue weighted by Gasteiger charge is -2.43. The van der Waals surface area contributed by atoms with Crippen LogP contribution in [0.5, 0.6) is 0 Å². The van der Waals surface area contributed by atoms with E-state index in [0.29, 0.717) is 36.4 Å². The molecule has 0 bridgehead atoms. The first kappa shape index (κ1) is 28.6. The molecule has 0 spiro atoms. The number of ether oxygens (including phenoxy) is 3. The Kier molecular flexibility index (Phi) is 14.3. The van der Waals surface area contributed by atoms with Gasteiger partial charge in [-0.25, -0.2) is 0 Å². The Morgan fingerprint density at radius 1 is 0.897 bits per heavy atom. The van der Waals surface area contributed by atoms with Gasteiger partial charge in [0.25, 0.3) is 0 Å². The van der Waals surface area contributed by atoms with Crippen molar-refractivity contribution in [3.8, 4) is 11.8 Å². The zero-order valence-corrected chi connectivity index (χ0v) is 21.5. The number of methoxy groups -OCH3 is 1. The molecule has 1 N–H and O–H groups in total. The highest BCUT2D eigenvalue weighted by Gasteiger charge is 2.46. The van der Waals surface area contributed by atoms with Crippen molar-refractivity contribution < 1.29 is 23.7 Å². The largest absolute Gasteiger partial charge is 0.413 e. The van der Waals surface area contributed by atoms with Crippen LogP contribution in [0.4, 0.5) is 0 Å². The van der Waals surface area contributed by atoms with Crippen molar-refractivity contribution in [2.75, 3.05) is 33.7 Å². The molecule has 0 amide bonds. The second-order valence-electron chi connectivity index (χ2n) is 8.89. The van der Waals surface area contributed by atoms with E-state index < -0.39 is 14.4 Å². The van der Waals surface area contributed by atoms with E-state index in [2.05, 4.69) is 53.4 Å². The zero-order valence-electron chi connectivity index (χ0n) is 20.5. The van der Waals surface area contributed by atoms with Crippen LogP contribution < -0.4 is 0 Å². The molecule has 4 atom stereocenters. The SMILES string of the molecule is CC#C[C@H](C)[C@H](O)[C@H](C)[C@H](CO[Si](C(C)C)(C(C)C)C(C)C)OCOCCOC. The van der Waals surface area contributed by atoms with Gasteiger partial charge in [0, 0.05) is 18.9 Å². The molecule has 172 valence electrons. The number of hydrogen-bond acceptors (Lipinski definition) is 5. The Morgan fingerprint density at radius 2 is 1.45 bits per heavy atom. The molecule has 0 rings (SSSR count). The third-order valence-electron chi connectivity index (χ3n) is 6.01. The highest BCUT2D eigenvalue weighted by Crippen LogP contribution is 2.42. The fourth-order valence-electron chi connectivity index (χ4n) is 4.40. The summed E-state index contributed by atoms with van der Waals surface area (Å²) in [5.74, 6) is 5.70. The summed E-state index contributed by atoms with van der Waals surface area (Å²) in [6.45, 7) is 21.0. The first-order valence-corrected chi connectivity index (χ1v) is 13.1. The normalized spacial score (nSPS) is 16.6. The molecule has 0 fully saturated rings. The molecule has 0 radical (unpaired) electrons. The maximum absolute atomic E-state index is 10.8. The lowest BCUT2D eigenvalue weighted by molar-refractivity contribution is -0.137. The summed E-state index contributed by atoms with van der Waals surface area (Å²) in [5.41, 5.74) is 1.48. The quantitative estimate of drug-likeness (QED) is 0.174. The van der Waals surface area contributed by atoms with Gasteiger partial charge in [0.15, 0.2) is 8.32 Å². The van der Waals surface area contributed by atoms with Crippen LogP contribution >= 0.6 is 0 Å². The molecule has 29 heavy (non-hydrogen) atoms. The Labute approximate surface area is 181 Å². The van der Waals surface area contributed by atoms with E-state index in [1.165, 1.54) is 0 Å². The highest BCUT2D eigenvalue weighted by atomic mass is 28.4. The van der Waals surface area contributed by atoms with Crippen molar-refractivity contribution >= 4 is 8.32 Å². The Balaban J connectivity index is 5.37. The molecular weight excluding hydrogens is 384 g/mol. The van der Waals surface area contributed by atoms with E-state index >= 15 is 0 Å². The second-order valence-corrected chi connectivity index (χ2v) is 14.3. The summed E-state index contributed by atoms with van der Waals surface area (Å²) in [6.07, 6.45) is -0.861. The van der Waals surface area contributed by atoms with Gasteiger partial charge in [-0.2, -0.15) is 0 Å². The third-order valence-corrected chi connectivity index (χ3v) is 12.1. The summed E-state index contributed by atoms with van der Waals surface area (Å²) in [7, 11) is -0.382. The minimum Gasteiger partial charge on any atom is -0.413 e. The third kappa shape index (κ3) is 8.68. The molecule has 6 heteroatoms. The van der Waals surface area contributed by atoms with Crippen LogP contribution in [0.1, 0.15) is 62.3 Å². The van der Waals surface area contributed by atoms with Gasteiger partial charge in [0.05, 0.1) is 32.0 Å². The van der Waals surface area contributed by atoms with E-state index in [4.69, 9.17) is 18.6 Å². The van der Waals surface area contributed by atoms with Crippen LogP contribution in [0.15, 0.2) is 0 Å². The number of aliphatic hydroxyl groups excluding tert-OH is 1. The van der Waals surface area contributed by atoms with E-state index in [-0.39, 0.29) is 24.7 Å². The summed E-state index contributed by atoms with van der Waals surface area (Å²) in [6, 6.07) is 0. The van der Waals surface area contributed by atoms with Gasteiger partial charge in [0.2, 0.25) is 0 Å². The average molecular weight is 431 g/mol. The van der Waals surface area contributed by atoms with E-state index in [0.717, 1.165) is 0 Å². The lowest BCUT2D eigenvalue weighted by Crippen LogP contribution is -2.50. The predicted molar refractivity (Wildman–Crippen MR) is 122 cm³/mol. The minimum absolute atomic E-state index is 0.127. The smallest absolute Gasteiger partial charge is 0.200 e. The minimum atomic E-state index is -2.02. The van der Waals surface area contributed by atoms with E-state index in [1.807, 2.05) is 13.8 Å². The van der Waals surface area contributed by atoms with Gasteiger partial charge in [-0.3, -0.25) is 0 Å². The summed E-state index contributed by atoms with van der Waals surface area (Å²) in [4.78, 5) is 0. The molecule has 0 unspecified atom stereocenters. The standard InChI is InChI=1S/C23H46O5Si/c1-11-12-20(8)23(24)21(9)22(27-16-26-14-13-25-10)15-28-29(17(2)3,18(4)5)19(6)7/h17-24H,13-16H2,1-10H3/t20-,21+,22-,23-/m0/s1. The molecule has 0 aliphatic rings. The van der Waals surface area contributed by atoms with Gasteiger partial charge < -0.3 is 23.7 Å².